The Balaban J connectivity index is 0.00000363. The fraction of sp³-hybridized carbons (Fsp3) is 0.609. The summed E-state index contributed by atoms with van der Waals surface area (Å²) in [5.74, 6) is 0.866. The molecule has 0 aromatic heterocycles. The number of guanidine groups is 1. The Hall–Kier alpha value is -1.88. The van der Waals surface area contributed by atoms with Crippen LogP contribution in [0, 0.1) is 0 Å². The predicted octanol–water partition coefficient (Wildman–Crippen LogP) is 2.01. The molecule has 0 saturated carbocycles. The number of piperazine rings is 1. The maximum absolute atomic E-state index is 12.7. The average Bonchev–Trinajstić information content (AvgIpc) is 3.34. The number of hydrogen-bond donors (Lipinski definition) is 2. The number of hydrogen-bond acceptors (Lipinski definition) is 4. The summed E-state index contributed by atoms with van der Waals surface area (Å²) in [5.41, 5.74) is 2.00. The van der Waals surface area contributed by atoms with Crippen LogP contribution in [0.15, 0.2) is 29.3 Å². The molecule has 1 unspecified atom stereocenters. The standard InChI is InChI=1S/C23H36N6O2.HI/c1-4-19-8-7-9-20(16-19)26-21(30)17-25-23(24-3)29-14-12-27(13-15-29)18(2)22(31)28-10-5-6-11-28;/h7-9,16,18H,4-6,10-15,17H2,1-3H3,(H,24,25)(H,26,30);1H. The van der Waals surface area contributed by atoms with Crippen LogP contribution in [0.5, 0.6) is 0 Å². The fourth-order valence-electron chi connectivity index (χ4n) is 4.24. The molecule has 1 aromatic carbocycles. The number of amides is 2. The van der Waals surface area contributed by atoms with Crippen LogP contribution in [0.1, 0.15) is 32.3 Å². The lowest BCUT2D eigenvalue weighted by molar-refractivity contribution is -0.135. The number of halogens is 1. The summed E-state index contributed by atoms with van der Waals surface area (Å²) in [7, 11) is 1.73. The Kier molecular flexibility index (Phi) is 10.7. The van der Waals surface area contributed by atoms with E-state index in [4.69, 9.17) is 0 Å². The molecule has 2 N–H and O–H groups in total. The number of benzene rings is 1. The van der Waals surface area contributed by atoms with E-state index in [0.717, 1.165) is 70.2 Å². The van der Waals surface area contributed by atoms with E-state index < -0.39 is 0 Å². The van der Waals surface area contributed by atoms with E-state index in [9.17, 15) is 9.59 Å². The van der Waals surface area contributed by atoms with Crippen molar-refractivity contribution < 1.29 is 9.59 Å². The molecule has 32 heavy (non-hydrogen) atoms. The largest absolute Gasteiger partial charge is 0.347 e. The molecule has 0 spiro atoms. The second kappa shape index (κ2) is 13.0. The molecule has 2 saturated heterocycles. The quantitative estimate of drug-likeness (QED) is 0.319. The van der Waals surface area contributed by atoms with Gasteiger partial charge in [-0.15, -0.1) is 24.0 Å². The Morgan fingerprint density at radius 3 is 2.38 bits per heavy atom. The number of nitrogens with zero attached hydrogens (tertiary/aromatic N) is 4. The zero-order valence-electron chi connectivity index (χ0n) is 19.5. The third-order valence-electron chi connectivity index (χ3n) is 6.17. The minimum atomic E-state index is -0.0992. The number of anilines is 1. The first kappa shape index (κ1) is 26.4. The number of aryl methyl sites for hydroxylation is 1. The van der Waals surface area contributed by atoms with Crippen LogP contribution in [-0.2, 0) is 16.0 Å². The molecule has 2 heterocycles. The second-order valence-electron chi connectivity index (χ2n) is 8.23. The molecule has 9 heteroatoms. The molecule has 2 amide bonds. The van der Waals surface area contributed by atoms with Gasteiger partial charge >= 0.3 is 0 Å². The number of nitrogens with one attached hydrogen (secondary N) is 2. The third-order valence-corrected chi connectivity index (χ3v) is 6.17. The monoisotopic (exact) mass is 556 g/mol. The summed E-state index contributed by atoms with van der Waals surface area (Å²) in [4.78, 5) is 35.8. The third kappa shape index (κ3) is 7.06. The smallest absolute Gasteiger partial charge is 0.243 e. The van der Waals surface area contributed by atoms with Gasteiger partial charge in [-0.1, -0.05) is 19.1 Å². The first-order valence-electron chi connectivity index (χ1n) is 11.4. The Labute approximate surface area is 208 Å². The zero-order valence-corrected chi connectivity index (χ0v) is 21.8. The van der Waals surface area contributed by atoms with E-state index >= 15 is 0 Å². The molecular formula is C23H37IN6O2. The number of likely N-dealkylation sites (tertiary alicyclic amines) is 1. The topological polar surface area (TPSA) is 80.3 Å². The normalized spacial score (nSPS) is 18.2. The van der Waals surface area contributed by atoms with Crippen molar-refractivity contribution in [3.8, 4) is 0 Å². The van der Waals surface area contributed by atoms with Crippen LogP contribution >= 0.6 is 24.0 Å². The molecule has 3 rings (SSSR count). The Morgan fingerprint density at radius 1 is 1.06 bits per heavy atom. The summed E-state index contributed by atoms with van der Waals surface area (Å²) >= 11 is 0. The van der Waals surface area contributed by atoms with Crippen molar-refractivity contribution >= 4 is 47.4 Å². The van der Waals surface area contributed by atoms with Gasteiger partial charge in [0.2, 0.25) is 11.8 Å². The van der Waals surface area contributed by atoms with Crippen molar-refractivity contribution in [1.29, 1.82) is 0 Å². The van der Waals surface area contributed by atoms with Crippen LogP contribution in [0.2, 0.25) is 0 Å². The lowest BCUT2D eigenvalue weighted by Crippen LogP contribution is -2.57. The minimum Gasteiger partial charge on any atom is -0.347 e. The average molecular weight is 556 g/mol. The van der Waals surface area contributed by atoms with E-state index in [-0.39, 0.29) is 48.4 Å². The van der Waals surface area contributed by atoms with Crippen molar-refractivity contribution in [1.82, 2.24) is 20.0 Å². The van der Waals surface area contributed by atoms with E-state index in [1.807, 2.05) is 30.0 Å². The fourth-order valence-corrected chi connectivity index (χ4v) is 4.24. The molecule has 178 valence electrons. The molecule has 0 aliphatic carbocycles. The van der Waals surface area contributed by atoms with Gasteiger partial charge in [0, 0.05) is 52.0 Å². The highest BCUT2D eigenvalue weighted by Gasteiger charge is 2.30. The van der Waals surface area contributed by atoms with Crippen LogP contribution < -0.4 is 10.6 Å². The summed E-state index contributed by atoms with van der Waals surface area (Å²) < 4.78 is 0. The van der Waals surface area contributed by atoms with Gasteiger partial charge in [0.15, 0.2) is 5.96 Å². The molecule has 2 aliphatic heterocycles. The van der Waals surface area contributed by atoms with E-state index in [1.54, 1.807) is 7.05 Å². The van der Waals surface area contributed by atoms with Gasteiger partial charge < -0.3 is 20.4 Å². The highest BCUT2D eigenvalue weighted by Crippen LogP contribution is 2.14. The molecular weight excluding hydrogens is 519 g/mol. The van der Waals surface area contributed by atoms with Crippen molar-refractivity contribution in [3.63, 3.8) is 0 Å². The van der Waals surface area contributed by atoms with Crippen LogP contribution in [-0.4, -0.2) is 91.4 Å². The van der Waals surface area contributed by atoms with Gasteiger partial charge in [-0.2, -0.15) is 0 Å². The van der Waals surface area contributed by atoms with E-state index in [0.29, 0.717) is 0 Å². The first-order valence-corrected chi connectivity index (χ1v) is 11.4. The van der Waals surface area contributed by atoms with Gasteiger partial charge in [-0.25, -0.2) is 0 Å². The summed E-state index contributed by atoms with van der Waals surface area (Å²) in [5, 5.41) is 6.10. The highest BCUT2D eigenvalue weighted by molar-refractivity contribution is 14.0. The molecule has 1 atom stereocenters. The first-order chi connectivity index (χ1) is 15.0. The number of aliphatic imine (C=N–C) groups is 1. The SMILES string of the molecule is CCc1cccc(NC(=O)CNC(=NC)N2CCN(C(C)C(=O)N3CCCC3)CC2)c1.I. The zero-order chi connectivity index (χ0) is 22.2. The van der Waals surface area contributed by atoms with Crippen LogP contribution in [0.3, 0.4) is 0 Å². The predicted molar refractivity (Wildman–Crippen MR) is 140 cm³/mol. The summed E-state index contributed by atoms with van der Waals surface area (Å²) in [6.07, 6.45) is 3.17. The van der Waals surface area contributed by atoms with Gasteiger partial charge in [0.1, 0.15) is 0 Å². The van der Waals surface area contributed by atoms with Gasteiger partial charge in [0.25, 0.3) is 0 Å². The maximum Gasteiger partial charge on any atom is 0.243 e. The van der Waals surface area contributed by atoms with Crippen molar-refractivity contribution in [2.24, 2.45) is 4.99 Å². The van der Waals surface area contributed by atoms with Crippen molar-refractivity contribution in [2.75, 3.05) is 58.2 Å². The van der Waals surface area contributed by atoms with Gasteiger partial charge in [-0.05, 0) is 43.9 Å². The Bertz CT molecular complexity index is 788. The minimum absolute atomic E-state index is 0. The molecule has 1 aromatic rings. The van der Waals surface area contributed by atoms with Gasteiger partial charge in [-0.3, -0.25) is 19.5 Å². The van der Waals surface area contributed by atoms with Gasteiger partial charge in [0.05, 0.1) is 12.6 Å². The number of rotatable bonds is 6. The Morgan fingerprint density at radius 2 is 1.75 bits per heavy atom. The van der Waals surface area contributed by atoms with Crippen molar-refractivity contribution in [3.05, 3.63) is 29.8 Å². The second-order valence-corrected chi connectivity index (χ2v) is 8.23. The van der Waals surface area contributed by atoms with Crippen LogP contribution in [0.25, 0.3) is 0 Å². The van der Waals surface area contributed by atoms with E-state index in [1.165, 1.54) is 5.56 Å². The maximum atomic E-state index is 12.7. The summed E-state index contributed by atoms with van der Waals surface area (Å²) in [6.45, 7) is 9.21. The number of carbonyl (C=O) groups excluding carboxylic acids is 2. The van der Waals surface area contributed by atoms with E-state index in [2.05, 4.69) is 38.4 Å². The lowest BCUT2D eigenvalue weighted by atomic mass is 10.1. The summed E-state index contributed by atoms with van der Waals surface area (Å²) in [6, 6.07) is 7.82. The molecule has 0 radical (unpaired) electrons. The lowest BCUT2D eigenvalue weighted by Gasteiger charge is -2.39. The highest BCUT2D eigenvalue weighted by atomic mass is 127. The van der Waals surface area contributed by atoms with Crippen LogP contribution in [0.4, 0.5) is 5.69 Å². The molecule has 2 aliphatic rings. The molecule has 2 fully saturated rings. The number of carbonyl (C=O) groups is 2. The molecule has 8 nitrogen and oxygen atoms in total. The van der Waals surface area contributed by atoms with Crippen molar-refractivity contribution in [2.45, 2.75) is 39.2 Å². The molecule has 0 bridgehead atoms.